The van der Waals surface area contributed by atoms with E-state index in [0.717, 1.165) is 18.6 Å². The monoisotopic (exact) mass is 262 g/mol. The fourth-order valence-electron chi connectivity index (χ4n) is 3.29. The molecule has 1 aromatic rings. The second kappa shape index (κ2) is 7.32. The number of carbonyl (C=O) groups is 1. The molecule has 106 valence electrons. The average molecular weight is 262 g/mol. The van der Waals surface area contributed by atoms with Crippen LogP contribution in [0.25, 0.3) is 0 Å². The molecule has 19 heavy (non-hydrogen) atoms. The number of aromatic hydroxyl groups is 1. The molecule has 1 saturated carbocycles. The number of rotatable bonds is 2. The van der Waals surface area contributed by atoms with E-state index in [1.54, 1.807) is 24.3 Å². The molecular formula is C17H26O2. The van der Waals surface area contributed by atoms with Crippen LogP contribution in [0.15, 0.2) is 30.3 Å². The number of hydrogen-bond acceptors (Lipinski definition) is 2. The second-order valence-electron chi connectivity index (χ2n) is 6.52. The van der Waals surface area contributed by atoms with Crippen molar-refractivity contribution in [2.75, 3.05) is 0 Å². The Bertz CT molecular complexity index is 370. The van der Waals surface area contributed by atoms with Crippen LogP contribution < -0.4 is 0 Å². The zero-order valence-electron chi connectivity index (χ0n) is 12.3. The molecule has 0 aliphatic heterocycles. The highest BCUT2D eigenvalue weighted by Gasteiger charge is 2.31. The molecule has 1 aliphatic carbocycles. The molecule has 0 heterocycles. The highest BCUT2D eigenvalue weighted by atomic mass is 16.3. The number of aldehydes is 1. The summed E-state index contributed by atoms with van der Waals surface area (Å²) in [6.45, 7) is 6.94. The van der Waals surface area contributed by atoms with Gasteiger partial charge in [-0.2, -0.15) is 0 Å². The van der Waals surface area contributed by atoms with Gasteiger partial charge in [0, 0.05) is 6.42 Å². The summed E-state index contributed by atoms with van der Waals surface area (Å²) in [6, 6.07) is 8.71. The minimum Gasteiger partial charge on any atom is -0.508 e. The molecule has 0 aromatic heterocycles. The van der Waals surface area contributed by atoms with E-state index in [-0.39, 0.29) is 0 Å². The zero-order valence-corrected chi connectivity index (χ0v) is 12.3. The van der Waals surface area contributed by atoms with E-state index in [4.69, 9.17) is 5.11 Å². The van der Waals surface area contributed by atoms with E-state index in [2.05, 4.69) is 20.8 Å². The van der Waals surface area contributed by atoms with Crippen molar-refractivity contribution >= 4 is 6.29 Å². The van der Waals surface area contributed by atoms with Crippen LogP contribution in [0.5, 0.6) is 5.75 Å². The van der Waals surface area contributed by atoms with E-state index >= 15 is 0 Å². The van der Waals surface area contributed by atoms with Gasteiger partial charge in [-0.05, 0) is 48.6 Å². The van der Waals surface area contributed by atoms with Gasteiger partial charge >= 0.3 is 0 Å². The van der Waals surface area contributed by atoms with Crippen molar-refractivity contribution in [3.8, 4) is 5.75 Å². The molecule has 2 atom stereocenters. The predicted octanol–water partition coefficient (Wildman–Crippen LogP) is 4.43. The molecule has 2 heteroatoms. The van der Waals surface area contributed by atoms with Crippen LogP contribution in [-0.4, -0.2) is 11.4 Å². The summed E-state index contributed by atoms with van der Waals surface area (Å²) in [7, 11) is 0. The zero-order chi connectivity index (χ0) is 14.3. The number of carbonyl (C=O) groups excluding carboxylic acids is 1. The molecule has 0 radical (unpaired) electrons. The normalized spacial score (nSPS) is 25.0. The van der Waals surface area contributed by atoms with Gasteiger partial charge in [0.05, 0.1) is 0 Å². The van der Waals surface area contributed by atoms with Crippen LogP contribution in [0.4, 0.5) is 0 Å². The summed E-state index contributed by atoms with van der Waals surface area (Å²) < 4.78 is 0. The van der Waals surface area contributed by atoms with Crippen molar-refractivity contribution in [1.82, 2.24) is 0 Å². The van der Waals surface area contributed by atoms with E-state index in [9.17, 15) is 4.79 Å². The lowest BCUT2D eigenvalue weighted by Gasteiger charge is -2.38. The lowest BCUT2D eigenvalue weighted by atomic mass is 9.67. The summed E-state index contributed by atoms with van der Waals surface area (Å²) in [6.07, 6.45) is 5.66. The van der Waals surface area contributed by atoms with E-state index in [0.29, 0.717) is 17.1 Å². The van der Waals surface area contributed by atoms with Gasteiger partial charge in [0.1, 0.15) is 12.0 Å². The molecule has 0 bridgehead atoms. The highest BCUT2D eigenvalue weighted by molar-refractivity contribution is 5.49. The van der Waals surface area contributed by atoms with Gasteiger partial charge in [-0.25, -0.2) is 0 Å². The summed E-state index contributed by atoms with van der Waals surface area (Å²) in [5.41, 5.74) is 0.464. The minimum absolute atomic E-state index is 0.322. The summed E-state index contributed by atoms with van der Waals surface area (Å²) >= 11 is 0. The molecule has 1 aliphatic rings. The molecule has 0 amide bonds. The highest BCUT2D eigenvalue weighted by Crippen LogP contribution is 2.42. The molecular weight excluding hydrogens is 236 g/mol. The molecule has 2 nitrogen and oxygen atoms in total. The Kier molecular flexibility index (Phi) is 6.07. The number of benzene rings is 1. The van der Waals surface area contributed by atoms with Gasteiger partial charge in [-0.15, -0.1) is 0 Å². The smallest absolute Gasteiger partial charge is 0.120 e. The first-order valence-electron chi connectivity index (χ1n) is 7.10. The Morgan fingerprint density at radius 3 is 2.32 bits per heavy atom. The Hall–Kier alpha value is -1.31. The SMILES string of the molecule is CC1CC(CC=O)CC(C)(C)C1.Oc1ccccc1. The Morgan fingerprint density at radius 2 is 1.89 bits per heavy atom. The van der Waals surface area contributed by atoms with E-state index in [1.807, 2.05) is 6.07 Å². The van der Waals surface area contributed by atoms with Crippen molar-refractivity contribution in [1.29, 1.82) is 0 Å². The van der Waals surface area contributed by atoms with Crippen LogP contribution in [0.1, 0.15) is 46.5 Å². The van der Waals surface area contributed by atoms with Crippen molar-refractivity contribution < 1.29 is 9.90 Å². The second-order valence-corrected chi connectivity index (χ2v) is 6.52. The first-order valence-corrected chi connectivity index (χ1v) is 7.10. The summed E-state index contributed by atoms with van der Waals surface area (Å²) in [5, 5.41) is 8.63. The van der Waals surface area contributed by atoms with Crippen LogP contribution in [0, 0.1) is 17.3 Å². The van der Waals surface area contributed by atoms with Crippen molar-refractivity contribution in [3.05, 3.63) is 30.3 Å². The maximum Gasteiger partial charge on any atom is 0.120 e. The molecule has 2 unspecified atom stereocenters. The first kappa shape index (κ1) is 15.7. The maximum atomic E-state index is 10.4. The van der Waals surface area contributed by atoms with E-state index < -0.39 is 0 Å². The average Bonchev–Trinajstić information content (AvgIpc) is 2.28. The Morgan fingerprint density at radius 1 is 1.26 bits per heavy atom. The molecule has 1 fully saturated rings. The van der Waals surface area contributed by atoms with Crippen LogP contribution in [0.3, 0.4) is 0 Å². The maximum absolute atomic E-state index is 10.4. The van der Waals surface area contributed by atoms with Gasteiger partial charge in [0.25, 0.3) is 0 Å². The van der Waals surface area contributed by atoms with Gasteiger partial charge in [0.2, 0.25) is 0 Å². The largest absolute Gasteiger partial charge is 0.508 e. The third kappa shape index (κ3) is 6.42. The minimum atomic E-state index is 0.322. The van der Waals surface area contributed by atoms with Gasteiger partial charge in [0.15, 0.2) is 0 Å². The molecule has 2 rings (SSSR count). The fraction of sp³-hybridized carbons (Fsp3) is 0.588. The van der Waals surface area contributed by atoms with Gasteiger partial charge < -0.3 is 9.90 Å². The van der Waals surface area contributed by atoms with E-state index in [1.165, 1.54) is 19.3 Å². The lowest BCUT2D eigenvalue weighted by molar-refractivity contribution is -0.109. The van der Waals surface area contributed by atoms with Gasteiger partial charge in [-0.3, -0.25) is 0 Å². The Balaban J connectivity index is 0.000000218. The number of phenols is 1. The molecule has 1 aromatic carbocycles. The van der Waals surface area contributed by atoms with Crippen molar-refractivity contribution in [3.63, 3.8) is 0 Å². The first-order chi connectivity index (χ1) is 8.93. The number of para-hydroxylation sites is 1. The molecule has 0 spiro atoms. The predicted molar refractivity (Wildman–Crippen MR) is 79.1 cm³/mol. The number of hydrogen-bond donors (Lipinski definition) is 1. The third-order valence-corrected chi connectivity index (χ3v) is 3.66. The summed E-state index contributed by atoms with van der Waals surface area (Å²) in [5.74, 6) is 1.78. The van der Waals surface area contributed by atoms with Crippen LogP contribution >= 0.6 is 0 Å². The molecule has 0 saturated heterocycles. The number of phenolic OH excluding ortho intramolecular Hbond substituents is 1. The fourth-order valence-corrected chi connectivity index (χ4v) is 3.29. The van der Waals surface area contributed by atoms with Crippen molar-refractivity contribution in [2.45, 2.75) is 46.5 Å². The quantitative estimate of drug-likeness (QED) is 0.800. The van der Waals surface area contributed by atoms with Crippen LogP contribution in [0.2, 0.25) is 0 Å². The van der Waals surface area contributed by atoms with Crippen LogP contribution in [-0.2, 0) is 4.79 Å². The Labute approximate surface area is 116 Å². The van der Waals surface area contributed by atoms with Crippen molar-refractivity contribution in [2.24, 2.45) is 17.3 Å². The topological polar surface area (TPSA) is 37.3 Å². The van der Waals surface area contributed by atoms with Gasteiger partial charge in [-0.1, -0.05) is 39.0 Å². The molecule has 1 N–H and O–H groups in total. The standard InChI is InChI=1S/C11H20O.C6H6O/c1-9-6-10(4-5-12)8-11(2,3)7-9;7-6-4-2-1-3-5-6/h5,9-10H,4,6-8H2,1-3H3;1-5,7H. The third-order valence-electron chi connectivity index (χ3n) is 3.66. The summed E-state index contributed by atoms with van der Waals surface area (Å²) in [4.78, 5) is 10.4. The lowest BCUT2D eigenvalue weighted by Crippen LogP contribution is -2.27.